The van der Waals surface area contributed by atoms with Gasteiger partial charge in [-0.3, -0.25) is 9.20 Å². The van der Waals surface area contributed by atoms with E-state index in [1.165, 1.54) is 11.8 Å². The monoisotopic (exact) mass is 488 g/mol. The lowest BCUT2D eigenvalue weighted by Crippen LogP contribution is -2.32. The zero-order chi connectivity index (χ0) is 23.6. The molecule has 9 nitrogen and oxygen atoms in total. The Morgan fingerprint density at radius 1 is 1.06 bits per heavy atom. The summed E-state index contributed by atoms with van der Waals surface area (Å²) in [6.07, 6.45) is 3.85. The number of anilines is 1. The fourth-order valence-corrected chi connectivity index (χ4v) is 6.55. The summed E-state index contributed by atoms with van der Waals surface area (Å²) >= 11 is 1.25. The van der Waals surface area contributed by atoms with Crippen LogP contribution in [0.3, 0.4) is 0 Å². The minimum Gasteiger partial charge on any atom is -0.325 e. The van der Waals surface area contributed by atoms with E-state index < -0.39 is 10.0 Å². The molecule has 1 amide bonds. The van der Waals surface area contributed by atoms with Gasteiger partial charge in [0.2, 0.25) is 15.9 Å². The van der Waals surface area contributed by atoms with Crippen LogP contribution in [0.1, 0.15) is 42.6 Å². The van der Waals surface area contributed by atoms with Crippen molar-refractivity contribution < 1.29 is 13.2 Å². The number of thioether (sulfide) groups is 1. The quantitative estimate of drug-likeness (QED) is 0.530. The predicted octanol–water partition coefficient (Wildman–Crippen LogP) is 3.35. The molecule has 0 aliphatic carbocycles. The van der Waals surface area contributed by atoms with Crippen LogP contribution in [0.15, 0.2) is 34.3 Å². The van der Waals surface area contributed by atoms with Crippen LogP contribution < -0.4 is 5.32 Å². The highest BCUT2D eigenvalue weighted by molar-refractivity contribution is 7.99. The molecule has 1 aromatic carbocycles. The van der Waals surface area contributed by atoms with Crippen LogP contribution in [0.25, 0.3) is 5.78 Å². The molecular weight excluding hydrogens is 460 g/mol. The van der Waals surface area contributed by atoms with Crippen molar-refractivity contribution in [1.29, 1.82) is 0 Å². The summed E-state index contributed by atoms with van der Waals surface area (Å²) in [6, 6.07) is 6.94. The van der Waals surface area contributed by atoms with Crippen LogP contribution in [0.2, 0.25) is 0 Å². The number of nitrogens with zero attached hydrogens (tertiary/aromatic N) is 5. The van der Waals surface area contributed by atoms with Crippen LogP contribution in [-0.2, 0) is 14.8 Å². The van der Waals surface area contributed by atoms with Crippen molar-refractivity contribution in [1.82, 2.24) is 23.9 Å². The fraction of sp³-hybridized carbons (Fsp3) is 0.455. The molecule has 1 aliphatic heterocycles. The Morgan fingerprint density at radius 3 is 2.52 bits per heavy atom. The maximum Gasteiger partial charge on any atom is 0.256 e. The second kappa shape index (κ2) is 9.78. The molecule has 11 heteroatoms. The van der Waals surface area contributed by atoms with E-state index in [-0.39, 0.29) is 16.6 Å². The van der Waals surface area contributed by atoms with Crippen molar-refractivity contribution in [2.45, 2.75) is 56.5 Å². The maximum absolute atomic E-state index is 13.2. The van der Waals surface area contributed by atoms with Crippen molar-refractivity contribution in [3.8, 4) is 0 Å². The minimum absolute atomic E-state index is 0.107. The second-order valence-electron chi connectivity index (χ2n) is 8.29. The van der Waals surface area contributed by atoms with E-state index in [0.717, 1.165) is 37.1 Å². The topological polar surface area (TPSA) is 110 Å². The van der Waals surface area contributed by atoms with Gasteiger partial charge in [-0.05, 0) is 57.4 Å². The number of carbonyl (C=O) groups excluding carboxylic acids is 1. The first-order valence-corrected chi connectivity index (χ1v) is 13.4. The zero-order valence-electron chi connectivity index (χ0n) is 19.0. The van der Waals surface area contributed by atoms with Gasteiger partial charge in [0.1, 0.15) is 0 Å². The first-order chi connectivity index (χ1) is 15.8. The molecule has 176 valence electrons. The number of hydrogen-bond donors (Lipinski definition) is 1. The number of aryl methyl sites for hydroxylation is 3. The van der Waals surface area contributed by atoms with Gasteiger partial charge in [-0.15, -0.1) is 10.2 Å². The number of benzene rings is 1. The number of amides is 1. The molecule has 0 radical (unpaired) electrons. The largest absolute Gasteiger partial charge is 0.325 e. The number of hydrogen-bond acceptors (Lipinski definition) is 7. The molecule has 1 fully saturated rings. The van der Waals surface area contributed by atoms with E-state index >= 15 is 0 Å². The average Bonchev–Trinajstić information content (AvgIpc) is 2.97. The second-order valence-corrected chi connectivity index (χ2v) is 11.1. The lowest BCUT2D eigenvalue weighted by atomic mass is 10.2. The third-order valence-electron chi connectivity index (χ3n) is 5.65. The smallest absolute Gasteiger partial charge is 0.256 e. The van der Waals surface area contributed by atoms with E-state index in [1.807, 2.05) is 24.3 Å². The van der Waals surface area contributed by atoms with Gasteiger partial charge in [0.25, 0.3) is 5.78 Å². The lowest BCUT2D eigenvalue weighted by molar-refractivity contribution is -0.113. The first-order valence-electron chi connectivity index (χ1n) is 11.0. The summed E-state index contributed by atoms with van der Waals surface area (Å²) < 4.78 is 29.9. The van der Waals surface area contributed by atoms with E-state index in [0.29, 0.717) is 35.3 Å². The summed E-state index contributed by atoms with van der Waals surface area (Å²) in [4.78, 5) is 17.2. The summed E-state index contributed by atoms with van der Waals surface area (Å²) in [5.74, 6) is 0.352. The summed E-state index contributed by atoms with van der Waals surface area (Å²) in [5, 5.41) is 11.6. The first kappa shape index (κ1) is 23.7. The molecule has 0 bridgehead atoms. The Labute approximate surface area is 198 Å². The van der Waals surface area contributed by atoms with Gasteiger partial charge in [0.05, 0.1) is 10.6 Å². The molecule has 0 spiro atoms. The van der Waals surface area contributed by atoms with Crippen molar-refractivity contribution >= 4 is 39.2 Å². The normalized spacial score (nSPS) is 15.5. The number of rotatable bonds is 6. The van der Waals surface area contributed by atoms with Gasteiger partial charge in [-0.25, -0.2) is 13.4 Å². The Kier molecular flexibility index (Phi) is 7.01. The van der Waals surface area contributed by atoms with Gasteiger partial charge < -0.3 is 5.32 Å². The minimum atomic E-state index is -3.61. The average molecular weight is 489 g/mol. The highest BCUT2D eigenvalue weighted by Crippen LogP contribution is 2.26. The number of nitrogens with one attached hydrogen (secondary N) is 1. The molecule has 4 rings (SSSR count). The van der Waals surface area contributed by atoms with Crippen LogP contribution in [0.5, 0.6) is 0 Å². The molecular formula is C22H28N6O3S2. The van der Waals surface area contributed by atoms with Gasteiger partial charge in [0, 0.05) is 30.2 Å². The summed E-state index contributed by atoms with van der Waals surface area (Å²) in [5.41, 5.74) is 2.92. The van der Waals surface area contributed by atoms with Crippen LogP contribution in [0, 0.1) is 20.8 Å². The van der Waals surface area contributed by atoms with Crippen LogP contribution in [-0.4, -0.2) is 57.1 Å². The SMILES string of the molecule is Cc1cc(C)n2c(SCC(=O)Nc3ccc(C)c(S(=O)(=O)N4CCCCCC4)c3)nnc2n1. The van der Waals surface area contributed by atoms with Gasteiger partial charge in [0.15, 0.2) is 5.16 Å². The van der Waals surface area contributed by atoms with Crippen molar-refractivity contribution in [3.05, 3.63) is 41.2 Å². The van der Waals surface area contributed by atoms with Gasteiger partial charge >= 0.3 is 0 Å². The molecule has 3 aromatic rings. The van der Waals surface area contributed by atoms with Crippen LogP contribution >= 0.6 is 11.8 Å². The van der Waals surface area contributed by atoms with Gasteiger partial charge in [-0.1, -0.05) is 30.7 Å². The van der Waals surface area contributed by atoms with E-state index in [4.69, 9.17) is 0 Å². The number of fused-ring (bicyclic) bond motifs is 1. The van der Waals surface area contributed by atoms with Gasteiger partial charge in [-0.2, -0.15) is 4.31 Å². The zero-order valence-corrected chi connectivity index (χ0v) is 20.7. The predicted molar refractivity (Wildman–Crippen MR) is 128 cm³/mol. The third-order valence-corrected chi connectivity index (χ3v) is 8.62. The fourth-order valence-electron chi connectivity index (χ4n) is 4.00. The molecule has 1 aliphatic rings. The molecule has 0 unspecified atom stereocenters. The summed E-state index contributed by atoms with van der Waals surface area (Å²) in [7, 11) is -3.61. The lowest BCUT2D eigenvalue weighted by Gasteiger charge is -2.21. The van der Waals surface area contributed by atoms with E-state index in [1.54, 1.807) is 29.4 Å². The molecule has 3 heterocycles. The Hall–Kier alpha value is -2.50. The molecule has 33 heavy (non-hydrogen) atoms. The molecule has 0 atom stereocenters. The summed E-state index contributed by atoms with van der Waals surface area (Å²) in [6.45, 7) is 6.68. The molecule has 2 aromatic heterocycles. The van der Waals surface area contributed by atoms with Crippen molar-refractivity contribution in [2.75, 3.05) is 24.2 Å². The Morgan fingerprint density at radius 2 is 1.79 bits per heavy atom. The number of carbonyl (C=O) groups is 1. The molecule has 0 saturated carbocycles. The van der Waals surface area contributed by atoms with Crippen molar-refractivity contribution in [2.24, 2.45) is 0 Å². The van der Waals surface area contributed by atoms with Crippen LogP contribution in [0.4, 0.5) is 5.69 Å². The van der Waals surface area contributed by atoms with E-state index in [2.05, 4.69) is 20.5 Å². The van der Waals surface area contributed by atoms with E-state index in [9.17, 15) is 13.2 Å². The Bertz CT molecular complexity index is 1280. The number of sulfonamides is 1. The van der Waals surface area contributed by atoms with Crippen molar-refractivity contribution in [3.63, 3.8) is 0 Å². The number of aromatic nitrogens is 4. The molecule has 1 saturated heterocycles. The highest BCUT2D eigenvalue weighted by atomic mass is 32.2. The Balaban J connectivity index is 1.47. The molecule has 1 N–H and O–H groups in total. The standard InChI is InChI=1S/C22H28N6O3S2/c1-15-8-9-18(13-19(15)33(30,31)27-10-6-4-5-7-11-27)24-20(29)14-32-22-26-25-21-23-16(2)12-17(3)28(21)22/h8-9,12-13H,4-7,10-11,14H2,1-3H3,(H,24,29). The third kappa shape index (κ3) is 5.20. The maximum atomic E-state index is 13.2. The highest BCUT2D eigenvalue weighted by Gasteiger charge is 2.27.